The summed E-state index contributed by atoms with van der Waals surface area (Å²) in [6.45, 7) is 12.4. The van der Waals surface area contributed by atoms with Crippen molar-refractivity contribution in [1.29, 1.82) is 0 Å². The molecule has 0 aliphatic heterocycles. The highest BCUT2D eigenvalue weighted by Crippen LogP contribution is 2.37. The van der Waals surface area contributed by atoms with Crippen LogP contribution < -0.4 is 4.74 Å². The zero-order valence-corrected chi connectivity index (χ0v) is 19.7. The van der Waals surface area contributed by atoms with Gasteiger partial charge in [-0.3, -0.25) is 0 Å². The van der Waals surface area contributed by atoms with Crippen LogP contribution in [0.5, 0.6) is 5.75 Å². The lowest BCUT2D eigenvalue weighted by molar-refractivity contribution is 0.0502. The van der Waals surface area contributed by atoms with Crippen LogP contribution in [0, 0.1) is 0 Å². The minimum Gasteiger partial charge on any atom is -0.466 e. The fourth-order valence-corrected chi connectivity index (χ4v) is 4.07. The maximum atomic E-state index is 10.5. The van der Waals surface area contributed by atoms with Crippen LogP contribution in [0.25, 0.3) is 0 Å². The van der Waals surface area contributed by atoms with Crippen LogP contribution in [-0.2, 0) is 9.16 Å². The molecule has 1 rings (SSSR count). The summed E-state index contributed by atoms with van der Waals surface area (Å²) in [6, 6.07) is 5.67. The number of unbranched alkanes of at least 4 members (excludes halogenated alkanes) is 2. The van der Waals surface area contributed by atoms with Gasteiger partial charge in [0.05, 0.1) is 10.6 Å². The summed E-state index contributed by atoms with van der Waals surface area (Å²) < 4.78 is 17.4. The standard InChI is InChI=1S/C20H35BrO4Si/c1-20(2,3)26(5,6)25-14-9-7-8-12-17(22)16-11-10-13-18(19(16)21)24-15-23-4/h10-11,13,17,22H,7-9,12,14-15H2,1-6H3. The van der Waals surface area contributed by atoms with Crippen LogP contribution in [-0.4, -0.2) is 33.9 Å². The van der Waals surface area contributed by atoms with Crippen molar-refractivity contribution >= 4 is 24.2 Å². The van der Waals surface area contributed by atoms with E-state index >= 15 is 0 Å². The van der Waals surface area contributed by atoms with Crippen LogP contribution in [0.15, 0.2) is 22.7 Å². The van der Waals surface area contributed by atoms with Gasteiger partial charge in [0.1, 0.15) is 5.75 Å². The molecule has 1 N–H and O–H groups in total. The Morgan fingerprint density at radius 3 is 2.46 bits per heavy atom. The summed E-state index contributed by atoms with van der Waals surface area (Å²) in [5.41, 5.74) is 0.858. The average Bonchev–Trinajstić information content (AvgIpc) is 2.55. The summed E-state index contributed by atoms with van der Waals surface area (Å²) >= 11 is 3.53. The second-order valence-corrected chi connectivity index (χ2v) is 13.8. The van der Waals surface area contributed by atoms with Crippen molar-refractivity contribution in [1.82, 2.24) is 0 Å². The van der Waals surface area contributed by atoms with Crippen molar-refractivity contribution in [3.63, 3.8) is 0 Å². The lowest BCUT2D eigenvalue weighted by Gasteiger charge is -2.36. The Labute approximate surface area is 168 Å². The van der Waals surface area contributed by atoms with Crippen LogP contribution in [0.1, 0.15) is 58.1 Å². The summed E-state index contributed by atoms with van der Waals surface area (Å²) in [6.07, 6.45) is 3.29. The molecule has 0 bridgehead atoms. The molecule has 0 heterocycles. The van der Waals surface area contributed by atoms with Gasteiger partial charge >= 0.3 is 0 Å². The zero-order valence-electron chi connectivity index (χ0n) is 17.1. The molecule has 0 fully saturated rings. The summed E-state index contributed by atoms with van der Waals surface area (Å²) in [4.78, 5) is 0. The third kappa shape index (κ3) is 7.31. The Hall–Kier alpha value is -0.403. The summed E-state index contributed by atoms with van der Waals surface area (Å²) in [5, 5.41) is 10.8. The van der Waals surface area contributed by atoms with E-state index in [1.165, 1.54) is 0 Å². The SMILES string of the molecule is COCOc1cccc(C(O)CCCCCO[Si](C)(C)C(C)(C)C)c1Br. The molecule has 26 heavy (non-hydrogen) atoms. The van der Waals surface area contributed by atoms with Crippen molar-refractivity contribution in [3.8, 4) is 5.75 Å². The molecule has 0 spiro atoms. The van der Waals surface area contributed by atoms with E-state index in [1.54, 1.807) is 7.11 Å². The first kappa shape index (κ1) is 23.6. The quantitative estimate of drug-likeness (QED) is 0.255. The van der Waals surface area contributed by atoms with Crippen LogP contribution in [0.3, 0.4) is 0 Å². The van der Waals surface area contributed by atoms with E-state index in [4.69, 9.17) is 13.9 Å². The van der Waals surface area contributed by atoms with E-state index in [0.29, 0.717) is 5.75 Å². The predicted molar refractivity (Wildman–Crippen MR) is 113 cm³/mol. The molecule has 0 saturated heterocycles. The molecule has 0 aliphatic rings. The largest absolute Gasteiger partial charge is 0.466 e. The van der Waals surface area contributed by atoms with Crippen molar-refractivity contribution in [3.05, 3.63) is 28.2 Å². The number of hydrogen-bond acceptors (Lipinski definition) is 4. The molecule has 1 atom stereocenters. The molecular weight excluding hydrogens is 412 g/mol. The fourth-order valence-electron chi connectivity index (χ4n) is 2.33. The molecule has 0 aliphatic carbocycles. The van der Waals surface area contributed by atoms with Crippen LogP contribution >= 0.6 is 15.9 Å². The minimum absolute atomic E-state index is 0.187. The molecule has 1 aromatic rings. The normalized spacial score (nSPS) is 13.7. The zero-order chi connectivity index (χ0) is 19.8. The highest BCUT2D eigenvalue weighted by Gasteiger charge is 2.36. The van der Waals surface area contributed by atoms with E-state index in [1.807, 2.05) is 18.2 Å². The number of ether oxygens (including phenoxy) is 2. The number of halogens is 1. The van der Waals surface area contributed by atoms with Gasteiger partial charge in [-0.15, -0.1) is 0 Å². The Morgan fingerprint density at radius 2 is 1.85 bits per heavy atom. The molecule has 0 radical (unpaired) electrons. The maximum Gasteiger partial charge on any atom is 0.191 e. The van der Waals surface area contributed by atoms with Gasteiger partial charge in [-0.1, -0.05) is 45.7 Å². The predicted octanol–water partition coefficient (Wildman–Crippen LogP) is 6.05. The van der Waals surface area contributed by atoms with Crippen molar-refractivity contribution in [2.45, 2.75) is 70.7 Å². The first-order chi connectivity index (χ1) is 12.1. The number of hydrogen-bond donors (Lipinski definition) is 1. The van der Waals surface area contributed by atoms with Gasteiger partial charge in [-0.25, -0.2) is 0 Å². The number of aliphatic hydroxyl groups excluding tert-OH is 1. The summed E-state index contributed by atoms with van der Waals surface area (Å²) in [5.74, 6) is 0.686. The van der Waals surface area contributed by atoms with Gasteiger partial charge in [0.2, 0.25) is 0 Å². The third-order valence-electron chi connectivity index (χ3n) is 5.08. The molecule has 0 aromatic heterocycles. The smallest absolute Gasteiger partial charge is 0.191 e. The number of aliphatic hydroxyl groups is 1. The second kappa shape index (κ2) is 10.8. The van der Waals surface area contributed by atoms with E-state index in [9.17, 15) is 5.11 Å². The average molecular weight is 447 g/mol. The minimum atomic E-state index is -1.64. The molecule has 4 nitrogen and oxygen atoms in total. The molecule has 1 aromatic carbocycles. The third-order valence-corrected chi connectivity index (χ3v) is 10.5. The van der Waals surface area contributed by atoms with Crippen molar-refractivity contribution in [2.75, 3.05) is 20.5 Å². The van der Waals surface area contributed by atoms with Gasteiger partial charge in [-0.2, -0.15) is 0 Å². The Balaban J connectivity index is 2.38. The molecule has 0 amide bonds. The molecule has 0 saturated carbocycles. The summed E-state index contributed by atoms with van der Waals surface area (Å²) in [7, 11) is -0.0595. The first-order valence-corrected chi connectivity index (χ1v) is 13.0. The number of rotatable bonds is 11. The Morgan fingerprint density at radius 1 is 1.15 bits per heavy atom. The molecule has 150 valence electrons. The Bertz CT molecular complexity index is 543. The van der Waals surface area contributed by atoms with E-state index in [2.05, 4.69) is 49.8 Å². The van der Waals surface area contributed by atoms with E-state index in [-0.39, 0.29) is 11.8 Å². The van der Waals surface area contributed by atoms with Crippen molar-refractivity contribution in [2.24, 2.45) is 0 Å². The fraction of sp³-hybridized carbons (Fsp3) is 0.700. The second-order valence-electron chi connectivity index (χ2n) is 8.18. The van der Waals surface area contributed by atoms with Crippen LogP contribution in [0.4, 0.5) is 0 Å². The molecule has 6 heteroatoms. The number of benzene rings is 1. The maximum absolute atomic E-state index is 10.5. The van der Waals surface area contributed by atoms with Crippen molar-refractivity contribution < 1.29 is 19.0 Å². The Kier molecular flexibility index (Phi) is 9.83. The lowest BCUT2D eigenvalue weighted by atomic mass is 10.0. The number of methoxy groups -OCH3 is 1. The topological polar surface area (TPSA) is 47.9 Å². The van der Waals surface area contributed by atoms with Crippen LogP contribution in [0.2, 0.25) is 18.1 Å². The van der Waals surface area contributed by atoms with E-state index < -0.39 is 14.4 Å². The lowest BCUT2D eigenvalue weighted by Crippen LogP contribution is -2.40. The van der Waals surface area contributed by atoms with E-state index in [0.717, 1.165) is 42.3 Å². The molecule has 1 unspecified atom stereocenters. The highest BCUT2D eigenvalue weighted by molar-refractivity contribution is 9.10. The van der Waals surface area contributed by atoms with Gasteiger partial charge in [0, 0.05) is 13.7 Å². The van der Waals surface area contributed by atoms with Gasteiger partial charge in [-0.05, 0) is 58.5 Å². The monoisotopic (exact) mass is 446 g/mol. The van der Waals surface area contributed by atoms with Gasteiger partial charge < -0.3 is 19.0 Å². The molecular formula is C20H35BrO4Si. The van der Waals surface area contributed by atoms with Gasteiger partial charge in [0.25, 0.3) is 0 Å². The highest BCUT2D eigenvalue weighted by atomic mass is 79.9. The van der Waals surface area contributed by atoms with Gasteiger partial charge in [0.15, 0.2) is 15.1 Å². The first-order valence-electron chi connectivity index (χ1n) is 9.32.